The van der Waals surface area contributed by atoms with E-state index in [-0.39, 0.29) is 11.9 Å². The van der Waals surface area contributed by atoms with E-state index < -0.39 is 0 Å². The fourth-order valence-corrected chi connectivity index (χ4v) is 3.45. The van der Waals surface area contributed by atoms with Crippen molar-refractivity contribution in [1.29, 1.82) is 0 Å². The lowest BCUT2D eigenvalue weighted by Crippen LogP contribution is -2.37. The van der Waals surface area contributed by atoms with Gasteiger partial charge in [0.05, 0.1) is 12.5 Å². The van der Waals surface area contributed by atoms with Gasteiger partial charge in [-0.25, -0.2) is 4.98 Å². The predicted molar refractivity (Wildman–Crippen MR) is 101 cm³/mol. The van der Waals surface area contributed by atoms with Crippen LogP contribution in [-0.4, -0.2) is 39.5 Å². The van der Waals surface area contributed by atoms with E-state index in [1.165, 1.54) is 5.56 Å². The molecule has 5 nitrogen and oxygen atoms in total. The Kier molecular flexibility index (Phi) is 4.80. The maximum atomic E-state index is 12.7. The zero-order valence-electron chi connectivity index (χ0n) is 14.6. The molecule has 0 spiro atoms. The van der Waals surface area contributed by atoms with Crippen molar-refractivity contribution in [2.45, 2.75) is 19.0 Å². The van der Waals surface area contributed by atoms with Crippen molar-refractivity contribution in [2.24, 2.45) is 0 Å². The Morgan fingerprint density at radius 2 is 1.81 bits per heavy atom. The lowest BCUT2D eigenvalue weighted by Gasteiger charge is -2.17. The van der Waals surface area contributed by atoms with Gasteiger partial charge in [-0.3, -0.25) is 14.3 Å². The lowest BCUT2D eigenvalue weighted by atomic mass is 10.2. The van der Waals surface area contributed by atoms with Gasteiger partial charge in [-0.1, -0.05) is 48.5 Å². The van der Waals surface area contributed by atoms with E-state index in [0.29, 0.717) is 5.69 Å². The largest absolute Gasteiger partial charge is 0.347 e. The molecule has 1 fully saturated rings. The number of likely N-dealkylation sites (tertiary alicyclic amines) is 1. The van der Waals surface area contributed by atoms with Crippen molar-refractivity contribution in [3.05, 3.63) is 84.4 Å². The molecule has 3 aromatic rings. The fraction of sp³-hybridized carbons (Fsp3) is 0.238. The molecule has 1 atom stereocenters. The molecule has 2 heterocycles. The normalized spacial score (nSPS) is 17.3. The first-order valence-electron chi connectivity index (χ1n) is 8.94. The molecular formula is C21H22N4O. The van der Waals surface area contributed by atoms with Gasteiger partial charge in [-0.05, 0) is 24.1 Å². The SMILES string of the molecule is O=C(NC1CCN(Cc2ccccc2)C1)c1cncn1-c1ccccc1. The summed E-state index contributed by atoms with van der Waals surface area (Å²) in [6.07, 6.45) is 4.28. The molecule has 26 heavy (non-hydrogen) atoms. The Morgan fingerprint density at radius 1 is 1.08 bits per heavy atom. The Morgan fingerprint density at radius 3 is 2.58 bits per heavy atom. The molecule has 1 N–H and O–H groups in total. The van der Waals surface area contributed by atoms with Crippen molar-refractivity contribution in [3.8, 4) is 5.69 Å². The van der Waals surface area contributed by atoms with Crippen molar-refractivity contribution in [2.75, 3.05) is 13.1 Å². The summed E-state index contributed by atoms with van der Waals surface area (Å²) in [6.45, 7) is 2.80. The van der Waals surface area contributed by atoms with Gasteiger partial charge < -0.3 is 5.32 Å². The number of imidazole rings is 1. The van der Waals surface area contributed by atoms with Crippen LogP contribution in [-0.2, 0) is 6.54 Å². The molecule has 0 radical (unpaired) electrons. The number of aromatic nitrogens is 2. The molecule has 4 rings (SSSR count). The van der Waals surface area contributed by atoms with Crippen LogP contribution >= 0.6 is 0 Å². The minimum Gasteiger partial charge on any atom is -0.347 e. The van der Waals surface area contributed by atoms with E-state index in [4.69, 9.17) is 0 Å². The first-order chi connectivity index (χ1) is 12.8. The highest BCUT2D eigenvalue weighted by Crippen LogP contribution is 2.15. The van der Waals surface area contributed by atoms with Crippen LogP contribution in [0.25, 0.3) is 5.69 Å². The number of amides is 1. The van der Waals surface area contributed by atoms with Crippen molar-refractivity contribution >= 4 is 5.91 Å². The number of nitrogens with zero attached hydrogens (tertiary/aromatic N) is 3. The van der Waals surface area contributed by atoms with Crippen LogP contribution in [0.3, 0.4) is 0 Å². The third-order valence-electron chi connectivity index (χ3n) is 4.76. The van der Waals surface area contributed by atoms with Gasteiger partial charge in [0.2, 0.25) is 0 Å². The molecule has 132 valence electrons. The van der Waals surface area contributed by atoms with Crippen molar-refractivity contribution in [3.63, 3.8) is 0 Å². The van der Waals surface area contributed by atoms with E-state index in [1.807, 2.05) is 41.0 Å². The van der Waals surface area contributed by atoms with Crippen molar-refractivity contribution in [1.82, 2.24) is 19.8 Å². The zero-order chi connectivity index (χ0) is 17.8. The second-order valence-electron chi connectivity index (χ2n) is 6.66. The molecule has 0 bridgehead atoms. The average molecular weight is 346 g/mol. The summed E-state index contributed by atoms with van der Waals surface area (Å²) in [7, 11) is 0. The predicted octanol–water partition coefficient (Wildman–Crippen LogP) is 2.88. The Balaban J connectivity index is 1.38. The van der Waals surface area contributed by atoms with E-state index >= 15 is 0 Å². The number of rotatable bonds is 5. The third kappa shape index (κ3) is 3.68. The van der Waals surface area contributed by atoms with E-state index in [1.54, 1.807) is 12.5 Å². The number of hydrogen-bond donors (Lipinski definition) is 1. The quantitative estimate of drug-likeness (QED) is 0.773. The van der Waals surface area contributed by atoms with Gasteiger partial charge >= 0.3 is 0 Å². The Labute approximate surface area is 153 Å². The van der Waals surface area contributed by atoms with Crippen LogP contribution in [0.15, 0.2) is 73.2 Å². The molecular weight excluding hydrogens is 324 g/mol. The Hall–Kier alpha value is -2.92. The van der Waals surface area contributed by atoms with Crippen LogP contribution in [0.4, 0.5) is 0 Å². The second-order valence-corrected chi connectivity index (χ2v) is 6.66. The molecule has 1 aliphatic heterocycles. The average Bonchev–Trinajstić information content (AvgIpc) is 3.33. The highest BCUT2D eigenvalue weighted by Gasteiger charge is 2.25. The number of carbonyl (C=O) groups excluding carboxylic acids is 1. The molecule has 0 saturated carbocycles. The molecule has 1 aromatic heterocycles. The lowest BCUT2D eigenvalue weighted by molar-refractivity contribution is 0.0930. The molecule has 1 amide bonds. The molecule has 5 heteroatoms. The monoisotopic (exact) mass is 346 g/mol. The topological polar surface area (TPSA) is 50.2 Å². The van der Waals surface area contributed by atoms with E-state index in [9.17, 15) is 4.79 Å². The van der Waals surface area contributed by atoms with E-state index in [0.717, 1.165) is 31.7 Å². The van der Waals surface area contributed by atoms with Crippen LogP contribution < -0.4 is 5.32 Å². The van der Waals surface area contributed by atoms with Gasteiger partial charge in [0.25, 0.3) is 5.91 Å². The number of hydrogen-bond acceptors (Lipinski definition) is 3. The van der Waals surface area contributed by atoms with Crippen LogP contribution in [0.5, 0.6) is 0 Å². The molecule has 1 unspecified atom stereocenters. The van der Waals surface area contributed by atoms with E-state index in [2.05, 4.69) is 39.5 Å². The summed E-state index contributed by atoms with van der Waals surface area (Å²) in [5, 5.41) is 3.17. The smallest absolute Gasteiger partial charge is 0.270 e. The van der Waals surface area contributed by atoms with Gasteiger partial charge in [-0.15, -0.1) is 0 Å². The van der Waals surface area contributed by atoms with Crippen molar-refractivity contribution < 1.29 is 4.79 Å². The third-order valence-corrected chi connectivity index (χ3v) is 4.76. The number of nitrogens with one attached hydrogen (secondary N) is 1. The number of para-hydroxylation sites is 1. The van der Waals surface area contributed by atoms with Crippen LogP contribution in [0.2, 0.25) is 0 Å². The van der Waals surface area contributed by atoms with Gasteiger partial charge in [0.15, 0.2) is 0 Å². The second kappa shape index (κ2) is 7.54. The number of benzene rings is 2. The first kappa shape index (κ1) is 16.5. The van der Waals surface area contributed by atoms with Crippen LogP contribution in [0.1, 0.15) is 22.5 Å². The molecule has 1 aliphatic rings. The highest BCUT2D eigenvalue weighted by atomic mass is 16.2. The molecule has 1 saturated heterocycles. The van der Waals surface area contributed by atoms with Gasteiger partial charge in [0, 0.05) is 31.4 Å². The standard InChI is InChI=1S/C21H22N4O/c26-21(20-13-22-16-25(20)19-9-5-2-6-10-19)23-18-11-12-24(15-18)14-17-7-3-1-4-8-17/h1-10,13,16,18H,11-12,14-15H2,(H,23,26). The molecule has 0 aliphatic carbocycles. The summed E-state index contributed by atoms with van der Waals surface area (Å²) in [5.41, 5.74) is 2.81. The zero-order valence-corrected chi connectivity index (χ0v) is 14.6. The summed E-state index contributed by atoms with van der Waals surface area (Å²) in [6, 6.07) is 20.4. The molecule has 2 aromatic carbocycles. The highest BCUT2D eigenvalue weighted by molar-refractivity contribution is 5.93. The maximum Gasteiger partial charge on any atom is 0.270 e. The van der Waals surface area contributed by atoms with Crippen LogP contribution in [0, 0.1) is 0 Å². The van der Waals surface area contributed by atoms with Gasteiger partial charge in [0.1, 0.15) is 5.69 Å². The number of carbonyl (C=O) groups is 1. The van der Waals surface area contributed by atoms with Gasteiger partial charge in [-0.2, -0.15) is 0 Å². The minimum absolute atomic E-state index is 0.0714. The summed E-state index contributed by atoms with van der Waals surface area (Å²) in [4.78, 5) is 19.3. The summed E-state index contributed by atoms with van der Waals surface area (Å²) >= 11 is 0. The minimum atomic E-state index is -0.0714. The maximum absolute atomic E-state index is 12.7. The first-order valence-corrected chi connectivity index (χ1v) is 8.94. The summed E-state index contributed by atoms with van der Waals surface area (Å²) in [5.74, 6) is -0.0714. The Bertz CT molecular complexity index is 860. The fourth-order valence-electron chi connectivity index (χ4n) is 3.45. The summed E-state index contributed by atoms with van der Waals surface area (Å²) < 4.78 is 1.83.